The van der Waals surface area contributed by atoms with Gasteiger partial charge < -0.3 is 4.42 Å². The molecule has 0 saturated carbocycles. The van der Waals surface area contributed by atoms with Gasteiger partial charge in [0, 0.05) is 27.5 Å². The number of hydrogen-bond acceptors (Lipinski definition) is 4. The van der Waals surface area contributed by atoms with Crippen molar-refractivity contribution in [3.8, 4) is 45.3 Å². The van der Waals surface area contributed by atoms with Crippen LogP contribution in [0.25, 0.3) is 88.8 Å². The van der Waals surface area contributed by atoms with Gasteiger partial charge in [-0.1, -0.05) is 127 Å². The van der Waals surface area contributed by atoms with Crippen molar-refractivity contribution < 1.29 is 4.42 Å². The molecule has 0 bridgehead atoms. The number of para-hydroxylation sites is 1. The Bertz CT molecular complexity index is 2550. The number of aromatic nitrogens is 3. The largest absolute Gasteiger partial charge is 0.456 e. The summed E-state index contributed by atoms with van der Waals surface area (Å²) in [6.07, 6.45) is 0. The van der Waals surface area contributed by atoms with Crippen molar-refractivity contribution in [2.45, 2.75) is 0 Å². The fraction of sp³-hybridized carbons (Fsp3) is 0. The summed E-state index contributed by atoms with van der Waals surface area (Å²) in [7, 11) is 0. The molecule has 0 fully saturated rings. The normalized spacial score (nSPS) is 11.6. The zero-order valence-corrected chi connectivity index (χ0v) is 24.2. The van der Waals surface area contributed by atoms with Gasteiger partial charge in [0.1, 0.15) is 11.2 Å². The van der Waals surface area contributed by atoms with Crippen LogP contribution in [0.15, 0.2) is 156 Å². The number of rotatable bonds is 4. The highest BCUT2D eigenvalue weighted by Gasteiger charge is 2.17. The fourth-order valence-electron chi connectivity index (χ4n) is 6.32. The van der Waals surface area contributed by atoms with Crippen LogP contribution in [0.1, 0.15) is 0 Å². The molecule has 0 spiro atoms. The van der Waals surface area contributed by atoms with E-state index in [1.807, 2.05) is 48.5 Å². The SMILES string of the molecule is c1ccc(-c2nc(-c3ccc4ccccc4c3)nc(-c3ccccc3-c3ccc4c(ccc5oc6ccccc6c54)c3)n2)cc1. The van der Waals surface area contributed by atoms with E-state index < -0.39 is 0 Å². The Balaban J connectivity index is 1.23. The lowest BCUT2D eigenvalue weighted by molar-refractivity contribution is 0.669. The van der Waals surface area contributed by atoms with Crippen LogP contribution in [-0.4, -0.2) is 15.0 Å². The van der Waals surface area contributed by atoms with Gasteiger partial charge in [-0.15, -0.1) is 0 Å². The van der Waals surface area contributed by atoms with Crippen LogP contribution in [0.3, 0.4) is 0 Å². The van der Waals surface area contributed by atoms with E-state index in [2.05, 4.69) is 103 Å². The van der Waals surface area contributed by atoms with Crippen molar-refractivity contribution in [1.29, 1.82) is 0 Å². The van der Waals surface area contributed by atoms with Crippen molar-refractivity contribution in [2.24, 2.45) is 0 Å². The molecule has 2 aromatic heterocycles. The van der Waals surface area contributed by atoms with E-state index in [1.165, 1.54) is 10.8 Å². The Labute approximate surface area is 259 Å². The van der Waals surface area contributed by atoms with Crippen LogP contribution >= 0.6 is 0 Å². The van der Waals surface area contributed by atoms with Gasteiger partial charge in [-0.05, 0) is 56.9 Å². The minimum atomic E-state index is 0.638. The van der Waals surface area contributed by atoms with Crippen LogP contribution in [0.5, 0.6) is 0 Å². The van der Waals surface area contributed by atoms with Gasteiger partial charge in [0.15, 0.2) is 17.5 Å². The summed E-state index contributed by atoms with van der Waals surface area (Å²) < 4.78 is 6.15. The van der Waals surface area contributed by atoms with E-state index in [4.69, 9.17) is 19.4 Å². The van der Waals surface area contributed by atoms with Crippen LogP contribution < -0.4 is 0 Å². The zero-order chi connectivity index (χ0) is 29.7. The highest BCUT2D eigenvalue weighted by molar-refractivity contribution is 6.19. The molecule has 0 aliphatic rings. The molecule has 4 heteroatoms. The average molecular weight is 576 g/mol. The quantitative estimate of drug-likeness (QED) is 0.209. The molecule has 45 heavy (non-hydrogen) atoms. The lowest BCUT2D eigenvalue weighted by atomic mass is 9.95. The van der Waals surface area contributed by atoms with Crippen LogP contribution in [0.4, 0.5) is 0 Å². The molecule has 0 saturated heterocycles. The first-order chi connectivity index (χ1) is 22.3. The summed E-state index contributed by atoms with van der Waals surface area (Å²) in [5.74, 6) is 1.93. The van der Waals surface area contributed by atoms with Gasteiger partial charge in [-0.3, -0.25) is 0 Å². The van der Waals surface area contributed by atoms with E-state index in [-0.39, 0.29) is 0 Å². The summed E-state index contributed by atoms with van der Waals surface area (Å²) in [6.45, 7) is 0. The average Bonchev–Trinajstić information content (AvgIpc) is 3.51. The number of benzene rings is 7. The second kappa shape index (κ2) is 10.2. The van der Waals surface area contributed by atoms with Gasteiger partial charge in [0.2, 0.25) is 0 Å². The monoisotopic (exact) mass is 575 g/mol. The predicted octanol–water partition coefficient (Wildman–Crippen LogP) is 10.7. The minimum absolute atomic E-state index is 0.638. The molecule has 0 unspecified atom stereocenters. The summed E-state index contributed by atoms with van der Waals surface area (Å²) in [5.41, 5.74) is 6.81. The number of nitrogens with zero attached hydrogens (tertiary/aromatic N) is 3. The first-order valence-corrected chi connectivity index (χ1v) is 15.0. The standard InChI is InChI=1S/C41H25N3O/c1-2-11-27(12-3-1)39-42-40(31-19-18-26-10-4-5-13-28(26)24-31)44-41(43-39)34-15-7-6-14-32(34)29-20-22-33-30(25-29)21-23-37-38(33)35-16-8-9-17-36(35)45-37/h1-25H. The Morgan fingerprint density at radius 3 is 1.89 bits per heavy atom. The molecule has 0 aliphatic heterocycles. The molecule has 0 N–H and O–H groups in total. The molecule has 9 rings (SSSR count). The highest BCUT2D eigenvalue weighted by atomic mass is 16.3. The Kier molecular flexibility index (Phi) is 5.78. The van der Waals surface area contributed by atoms with Crippen LogP contribution in [0, 0.1) is 0 Å². The third kappa shape index (κ3) is 4.35. The Morgan fingerprint density at radius 2 is 1.00 bits per heavy atom. The topological polar surface area (TPSA) is 51.8 Å². The van der Waals surface area contributed by atoms with E-state index >= 15 is 0 Å². The minimum Gasteiger partial charge on any atom is -0.456 e. The zero-order valence-electron chi connectivity index (χ0n) is 24.2. The fourth-order valence-corrected chi connectivity index (χ4v) is 6.32. The van der Waals surface area contributed by atoms with Gasteiger partial charge in [-0.25, -0.2) is 15.0 Å². The van der Waals surface area contributed by atoms with Crippen molar-refractivity contribution >= 4 is 43.5 Å². The molecular formula is C41H25N3O. The number of furan rings is 1. The summed E-state index contributed by atoms with van der Waals surface area (Å²) in [6, 6.07) is 52.2. The summed E-state index contributed by atoms with van der Waals surface area (Å²) in [5, 5.41) is 6.93. The molecule has 4 nitrogen and oxygen atoms in total. The summed E-state index contributed by atoms with van der Waals surface area (Å²) in [4.78, 5) is 15.1. The smallest absolute Gasteiger partial charge is 0.164 e. The van der Waals surface area contributed by atoms with Gasteiger partial charge in [0.05, 0.1) is 0 Å². The first-order valence-electron chi connectivity index (χ1n) is 15.0. The molecule has 210 valence electrons. The lowest BCUT2D eigenvalue weighted by Crippen LogP contribution is -2.01. The molecule has 9 aromatic rings. The van der Waals surface area contributed by atoms with Crippen LogP contribution in [-0.2, 0) is 0 Å². The third-order valence-electron chi connectivity index (χ3n) is 8.51. The molecule has 0 amide bonds. The number of hydrogen-bond donors (Lipinski definition) is 0. The van der Waals surface area contributed by atoms with E-state index in [1.54, 1.807) is 0 Å². The van der Waals surface area contributed by atoms with E-state index in [0.717, 1.165) is 60.5 Å². The predicted molar refractivity (Wildman–Crippen MR) is 184 cm³/mol. The molecule has 0 aliphatic carbocycles. The molecule has 0 radical (unpaired) electrons. The van der Waals surface area contributed by atoms with Crippen molar-refractivity contribution in [1.82, 2.24) is 15.0 Å². The van der Waals surface area contributed by atoms with Crippen molar-refractivity contribution in [3.63, 3.8) is 0 Å². The maximum absolute atomic E-state index is 6.15. The van der Waals surface area contributed by atoms with Gasteiger partial charge in [0.25, 0.3) is 0 Å². The van der Waals surface area contributed by atoms with Gasteiger partial charge in [-0.2, -0.15) is 0 Å². The van der Waals surface area contributed by atoms with Crippen molar-refractivity contribution in [3.05, 3.63) is 152 Å². The second-order valence-corrected chi connectivity index (χ2v) is 11.3. The molecule has 2 heterocycles. The Hall–Kier alpha value is -6.13. The lowest BCUT2D eigenvalue weighted by Gasteiger charge is -2.13. The van der Waals surface area contributed by atoms with Gasteiger partial charge >= 0.3 is 0 Å². The highest BCUT2D eigenvalue weighted by Crippen LogP contribution is 2.38. The Morgan fingerprint density at radius 1 is 0.356 bits per heavy atom. The maximum Gasteiger partial charge on any atom is 0.164 e. The van der Waals surface area contributed by atoms with Crippen LogP contribution in [0.2, 0.25) is 0 Å². The number of fused-ring (bicyclic) bond motifs is 6. The van der Waals surface area contributed by atoms with E-state index in [9.17, 15) is 0 Å². The molecular weight excluding hydrogens is 550 g/mol. The second-order valence-electron chi connectivity index (χ2n) is 11.3. The van der Waals surface area contributed by atoms with Crippen molar-refractivity contribution in [2.75, 3.05) is 0 Å². The molecule has 7 aromatic carbocycles. The first kappa shape index (κ1) is 25.4. The maximum atomic E-state index is 6.15. The third-order valence-corrected chi connectivity index (χ3v) is 8.51. The summed E-state index contributed by atoms with van der Waals surface area (Å²) >= 11 is 0. The van der Waals surface area contributed by atoms with E-state index in [0.29, 0.717) is 17.5 Å². The molecule has 0 atom stereocenters.